The molecule has 0 aliphatic rings. The van der Waals surface area contributed by atoms with Crippen molar-refractivity contribution in [2.45, 2.75) is 25.7 Å². The van der Waals surface area contributed by atoms with Crippen LogP contribution < -0.4 is 10.1 Å². The first kappa shape index (κ1) is 22.5. The molecule has 0 aliphatic heterocycles. The van der Waals surface area contributed by atoms with Crippen LogP contribution in [0.25, 0.3) is 11.1 Å². The largest absolute Gasteiger partial charge is 0.487 e. The van der Waals surface area contributed by atoms with E-state index in [0.717, 1.165) is 11.6 Å². The molecule has 0 spiro atoms. The van der Waals surface area contributed by atoms with Gasteiger partial charge < -0.3 is 10.1 Å². The first-order valence-corrected chi connectivity index (χ1v) is 10.1. The Morgan fingerprint density at radius 2 is 1.85 bits per heavy atom. The summed E-state index contributed by atoms with van der Waals surface area (Å²) in [6.45, 7) is 2.28. The molecule has 4 rings (SSSR count). The number of tetrazole rings is 1. The first-order valence-electron chi connectivity index (χ1n) is 9.72. The average Bonchev–Trinajstić information content (AvgIpc) is 3.28. The Kier molecular flexibility index (Phi) is 6.40. The number of anilines is 2. The zero-order chi connectivity index (χ0) is 23.4. The number of ether oxygens (including phenoxy) is 1. The van der Waals surface area contributed by atoms with Crippen LogP contribution in [-0.4, -0.2) is 36.3 Å². The second-order valence-corrected chi connectivity index (χ2v) is 7.48. The molecule has 0 saturated carbocycles. The third-order valence-corrected chi connectivity index (χ3v) is 4.87. The molecule has 4 aromatic rings. The summed E-state index contributed by atoms with van der Waals surface area (Å²) in [5.41, 5.74) is 0.440. The maximum Gasteiger partial charge on any atom is 0.418 e. The quantitative estimate of drug-likeness (QED) is 0.401. The van der Waals surface area contributed by atoms with Crippen molar-refractivity contribution in [2.24, 2.45) is 0 Å². The van der Waals surface area contributed by atoms with E-state index in [4.69, 9.17) is 16.3 Å². The molecule has 0 saturated heterocycles. The third kappa shape index (κ3) is 5.55. The number of benzene rings is 2. The molecule has 0 radical (unpaired) electrons. The molecule has 0 fully saturated rings. The minimum Gasteiger partial charge on any atom is -0.487 e. The predicted molar refractivity (Wildman–Crippen MR) is 115 cm³/mol. The van der Waals surface area contributed by atoms with Crippen LogP contribution in [0.15, 0.2) is 61.2 Å². The molecule has 8 nitrogen and oxygen atoms in total. The van der Waals surface area contributed by atoms with E-state index >= 15 is 0 Å². The Balaban J connectivity index is 1.50. The summed E-state index contributed by atoms with van der Waals surface area (Å²) in [7, 11) is 0. The molecule has 33 heavy (non-hydrogen) atoms. The highest BCUT2D eigenvalue weighted by molar-refractivity contribution is 6.32. The van der Waals surface area contributed by atoms with Crippen molar-refractivity contribution < 1.29 is 17.9 Å². The maximum absolute atomic E-state index is 13.2. The molecule has 1 atom stereocenters. The number of rotatable bonds is 7. The van der Waals surface area contributed by atoms with Crippen molar-refractivity contribution in [3.8, 4) is 16.9 Å². The summed E-state index contributed by atoms with van der Waals surface area (Å²) < 4.78 is 47.0. The van der Waals surface area contributed by atoms with Crippen molar-refractivity contribution in [3.05, 3.63) is 71.8 Å². The lowest BCUT2D eigenvalue weighted by Gasteiger charge is -2.16. The fraction of sp³-hybridized carbons (Fsp3) is 0.190. The van der Waals surface area contributed by atoms with Crippen LogP contribution in [0.3, 0.4) is 0 Å². The van der Waals surface area contributed by atoms with Crippen LogP contribution >= 0.6 is 11.6 Å². The van der Waals surface area contributed by atoms with E-state index in [9.17, 15) is 13.2 Å². The van der Waals surface area contributed by atoms with Gasteiger partial charge in [0, 0.05) is 18.0 Å². The third-order valence-electron chi connectivity index (χ3n) is 4.56. The standard InChI is InChI=1S/C21H17ClF3N7O/c1-13(11-32-12-28-30-31-32)33-19-8-14(6-7-17(19)22)15-9-26-20(27-10-15)29-18-5-3-2-4-16(18)21(23,24)25/h2-10,12-13H,11H2,1H3,(H,26,27,29)/t13-/m0/s1. The SMILES string of the molecule is C[C@@H](Cn1cnnn1)Oc1cc(-c2cnc(Nc3ccccc3C(F)(F)F)nc2)ccc1Cl. The second kappa shape index (κ2) is 9.41. The highest BCUT2D eigenvalue weighted by Gasteiger charge is 2.33. The number of nitrogens with zero attached hydrogens (tertiary/aromatic N) is 6. The van der Waals surface area contributed by atoms with Gasteiger partial charge in [0.25, 0.3) is 0 Å². The van der Waals surface area contributed by atoms with Gasteiger partial charge in [0.2, 0.25) is 5.95 Å². The van der Waals surface area contributed by atoms with E-state index in [0.29, 0.717) is 22.9 Å². The van der Waals surface area contributed by atoms with Gasteiger partial charge in [0.05, 0.1) is 22.8 Å². The van der Waals surface area contributed by atoms with Crippen molar-refractivity contribution in [2.75, 3.05) is 5.32 Å². The topological polar surface area (TPSA) is 90.6 Å². The van der Waals surface area contributed by atoms with Gasteiger partial charge in [-0.3, -0.25) is 0 Å². The minimum atomic E-state index is -4.50. The molecule has 1 N–H and O–H groups in total. The van der Waals surface area contributed by atoms with Gasteiger partial charge in [0.1, 0.15) is 18.2 Å². The Hall–Kier alpha value is -3.73. The van der Waals surface area contributed by atoms with Crippen molar-refractivity contribution in [1.82, 2.24) is 30.2 Å². The Bertz CT molecular complexity index is 1220. The van der Waals surface area contributed by atoms with Crippen molar-refractivity contribution >= 4 is 23.2 Å². The smallest absolute Gasteiger partial charge is 0.418 e. The van der Waals surface area contributed by atoms with E-state index in [1.54, 1.807) is 22.9 Å². The Morgan fingerprint density at radius 1 is 1.09 bits per heavy atom. The number of hydrogen-bond donors (Lipinski definition) is 1. The maximum atomic E-state index is 13.2. The van der Waals surface area contributed by atoms with Gasteiger partial charge in [-0.25, -0.2) is 14.6 Å². The number of nitrogens with one attached hydrogen (secondary N) is 1. The van der Waals surface area contributed by atoms with E-state index < -0.39 is 11.7 Å². The molecular formula is C21H17ClF3N7O. The van der Waals surface area contributed by atoms with E-state index in [1.165, 1.54) is 36.9 Å². The molecule has 0 amide bonds. The van der Waals surface area contributed by atoms with E-state index in [1.807, 2.05) is 6.92 Å². The van der Waals surface area contributed by atoms with Crippen LogP contribution in [0.1, 0.15) is 12.5 Å². The van der Waals surface area contributed by atoms with Crippen LogP contribution in [0.2, 0.25) is 5.02 Å². The van der Waals surface area contributed by atoms with Crippen LogP contribution in [-0.2, 0) is 12.7 Å². The van der Waals surface area contributed by atoms with Gasteiger partial charge in [-0.2, -0.15) is 13.2 Å². The Morgan fingerprint density at radius 3 is 2.55 bits per heavy atom. The molecule has 12 heteroatoms. The zero-order valence-electron chi connectivity index (χ0n) is 17.2. The normalized spacial score (nSPS) is 12.4. The molecule has 0 bridgehead atoms. The Labute approximate surface area is 191 Å². The molecule has 0 aliphatic carbocycles. The number of halogens is 4. The predicted octanol–water partition coefficient (Wildman–Crippen LogP) is 5.01. The van der Waals surface area contributed by atoms with E-state index in [-0.39, 0.29) is 17.7 Å². The molecule has 170 valence electrons. The van der Waals surface area contributed by atoms with Crippen LogP contribution in [0.5, 0.6) is 5.75 Å². The van der Waals surface area contributed by atoms with Gasteiger partial charge >= 0.3 is 6.18 Å². The average molecular weight is 476 g/mol. The number of aromatic nitrogens is 6. The summed E-state index contributed by atoms with van der Waals surface area (Å²) in [5.74, 6) is 0.493. The van der Waals surface area contributed by atoms with Gasteiger partial charge in [0.15, 0.2) is 0 Å². The van der Waals surface area contributed by atoms with E-state index in [2.05, 4.69) is 30.8 Å². The fourth-order valence-corrected chi connectivity index (χ4v) is 3.22. The monoisotopic (exact) mass is 475 g/mol. The highest BCUT2D eigenvalue weighted by atomic mass is 35.5. The summed E-state index contributed by atoms with van der Waals surface area (Å²) >= 11 is 6.27. The van der Waals surface area contributed by atoms with Gasteiger partial charge in [-0.15, -0.1) is 5.10 Å². The summed E-state index contributed by atoms with van der Waals surface area (Å²) in [6, 6.07) is 10.3. The van der Waals surface area contributed by atoms with Crippen molar-refractivity contribution in [1.29, 1.82) is 0 Å². The molecule has 2 heterocycles. The minimum absolute atomic E-state index is 0.0379. The summed E-state index contributed by atoms with van der Waals surface area (Å²) in [6.07, 6.45) is -0.271. The highest BCUT2D eigenvalue weighted by Crippen LogP contribution is 2.36. The van der Waals surface area contributed by atoms with Crippen LogP contribution in [0, 0.1) is 0 Å². The number of hydrogen-bond acceptors (Lipinski definition) is 7. The molecule has 2 aromatic heterocycles. The fourth-order valence-electron chi connectivity index (χ4n) is 3.06. The number of alkyl halides is 3. The van der Waals surface area contributed by atoms with Crippen molar-refractivity contribution in [3.63, 3.8) is 0 Å². The molecular weight excluding hydrogens is 459 g/mol. The number of para-hydroxylation sites is 1. The first-order chi connectivity index (χ1) is 15.8. The summed E-state index contributed by atoms with van der Waals surface area (Å²) in [5, 5.41) is 14.0. The second-order valence-electron chi connectivity index (χ2n) is 7.07. The summed E-state index contributed by atoms with van der Waals surface area (Å²) in [4.78, 5) is 8.30. The van der Waals surface area contributed by atoms with Gasteiger partial charge in [-0.05, 0) is 47.2 Å². The molecule has 2 aromatic carbocycles. The zero-order valence-corrected chi connectivity index (χ0v) is 17.9. The lowest BCUT2D eigenvalue weighted by molar-refractivity contribution is -0.136. The lowest BCUT2D eigenvalue weighted by atomic mass is 10.1. The van der Waals surface area contributed by atoms with Gasteiger partial charge in [-0.1, -0.05) is 29.8 Å². The van der Waals surface area contributed by atoms with Crippen LogP contribution in [0.4, 0.5) is 24.8 Å². The molecule has 0 unspecified atom stereocenters. The lowest BCUT2D eigenvalue weighted by Crippen LogP contribution is -2.20.